The number of hydrogen-bond acceptors (Lipinski definition) is 6. The maximum absolute atomic E-state index is 12.4. The Morgan fingerprint density at radius 2 is 2.12 bits per heavy atom. The van der Waals surface area contributed by atoms with Crippen LogP contribution in [0.5, 0.6) is 0 Å². The highest BCUT2D eigenvalue weighted by Crippen LogP contribution is 2.22. The van der Waals surface area contributed by atoms with Gasteiger partial charge in [0.1, 0.15) is 18.2 Å². The van der Waals surface area contributed by atoms with E-state index in [1.807, 2.05) is 6.07 Å². The number of nitrogens with zero attached hydrogens (tertiary/aromatic N) is 3. The van der Waals surface area contributed by atoms with E-state index < -0.39 is 39.1 Å². The van der Waals surface area contributed by atoms with Gasteiger partial charge in [0.15, 0.2) is 9.84 Å². The molecule has 1 atom stereocenters. The third-order valence-corrected chi connectivity index (χ3v) is 6.59. The van der Waals surface area contributed by atoms with Gasteiger partial charge in [-0.2, -0.15) is 5.26 Å². The summed E-state index contributed by atoms with van der Waals surface area (Å²) >= 11 is 0. The van der Waals surface area contributed by atoms with Crippen LogP contribution in [0.15, 0.2) is 9.59 Å². The smallest absolute Gasteiger partial charge is 0.331 e. The van der Waals surface area contributed by atoms with E-state index in [4.69, 9.17) is 0 Å². The number of aromatic nitrogens is 2. The Bertz CT molecular complexity index is 1010. The average molecular weight is 366 g/mol. The van der Waals surface area contributed by atoms with E-state index in [1.54, 1.807) is 6.92 Å². The van der Waals surface area contributed by atoms with Crippen molar-refractivity contribution in [3.63, 3.8) is 0 Å². The zero-order chi connectivity index (χ0) is 18.4. The van der Waals surface area contributed by atoms with Gasteiger partial charge in [0.2, 0.25) is 5.91 Å². The summed E-state index contributed by atoms with van der Waals surface area (Å²) in [7, 11) is -3.20. The number of hydrogen-bond donors (Lipinski definition) is 1. The van der Waals surface area contributed by atoms with Crippen molar-refractivity contribution in [2.24, 2.45) is 0 Å². The van der Waals surface area contributed by atoms with Crippen LogP contribution >= 0.6 is 0 Å². The second-order valence-corrected chi connectivity index (χ2v) is 9.00. The molecule has 10 heteroatoms. The summed E-state index contributed by atoms with van der Waals surface area (Å²) < 4.78 is 25.3. The lowest BCUT2D eigenvalue weighted by Gasteiger charge is -2.24. The number of nitriles is 1. The average Bonchev–Trinajstić information content (AvgIpc) is 3.09. The molecule has 0 aromatic carbocycles. The van der Waals surface area contributed by atoms with Crippen molar-refractivity contribution in [2.75, 3.05) is 11.5 Å². The van der Waals surface area contributed by atoms with Crippen LogP contribution < -0.4 is 16.6 Å². The van der Waals surface area contributed by atoms with Gasteiger partial charge in [-0.3, -0.25) is 14.2 Å². The van der Waals surface area contributed by atoms with E-state index in [0.717, 1.165) is 4.57 Å². The van der Waals surface area contributed by atoms with Gasteiger partial charge in [0.25, 0.3) is 5.56 Å². The van der Waals surface area contributed by atoms with Gasteiger partial charge >= 0.3 is 5.69 Å². The minimum Gasteiger partial charge on any atom is -0.348 e. The number of sulfone groups is 1. The summed E-state index contributed by atoms with van der Waals surface area (Å²) in [6.45, 7) is 1.48. The van der Waals surface area contributed by atoms with Crippen LogP contribution in [0.1, 0.15) is 31.0 Å². The Morgan fingerprint density at radius 3 is 2.72 bits per heavy atom. The fraction of sp³-hybridized carbons (Fsp3) is 0.600. The Kier molecular flexibility index (Phi) is 4.07. The molecule has 3 heterocycles. The number of amides is 1. The van der Waals surface area contributed by atoms with Crippen LogP contribution in [-0.4, -0.2) is 40.5 Å². The molecule has 1 aromatic heterocycles. The normalized spacial score (nSPS) is 23.8. The van der Waals surface area contributed by atoms with Gasteiger partial charge in [-0.25, -0.2) is 17.8 Å². The van der Waals surface area contributed by atoms with Crippen molar-refractivity contribution in [1.82, 2.24) is 14.5 Å². The molecule has 134 valence electrons. The predicted octanol–water partition coefficient (Wildman–Crippen LogP) is -1.48. The van der Waals surface area contributed by atoms with Gasteiger partial charge < -0.3 is 5.32 Å². The summed E-state index contributed by atoms with van der Waals surface area (Å²) in [4.78, 5) is 37.1. The van der Waals surface area contributed by atoms with Crippen LogP contribution in [0, 0.1) is 11.3 Å². The molecule has 1 aromatic rings. The summed E-state index contributed by atoms with van der Waals surface area (Å²) in [6, 6.07) is 1.82. The maximum Gasteiger partial charge on any atom is 0.331 e. The van der Waals surface area contributed by atoms with Gasteiger partial charge in [0.05, 0.1) is 17.0 Å². The second-order valence-electron chi connectivity index (χ2n) is 6.81. The molecule has 1 N–H and O–H groups in total. The molecule has 25 heavy (non-hydrogen) atoms. The molecule has 0 saturated carbocycles. The van der Waals surface area contributed by atoms with E-state index >= 15 is 0 Å². The van der Waals surface area contributed by atoms with Crippen molar-refractivity contribution in [1.29, 1.82) is 5.26 Å². The Morgan fingerprint density at radius 1 is 1.40 bits per heavy atom. The van der Waals surface area contributed by atoms with Crippen LogP contribution in [-0.2, 0) is 34.1 Å². The highest BCUT2D eigenvalue weighted by atomic mass is 32.2. The predicted molar refractivity (Wildman–Crippen MR) is 87.8 cm³/mol. The largest absolute Gasteiger partial charge is 0.348 e. The number of fused-ring (bicyclic) bond motifs is 1. The van der Waals surface area contributed by atoms with Crippen LogP contribution in [0.3, 0.4) is 0 Å². The van der Waals surface area contributed by atoms with Gasteiger partial charge in [-0.1, -0.05) is 0 Å². The zero-order valence-electron chi connectivity index (χ0n) is 13.7. The summed E-state index contributed by atoms with van der Waals surface area (Å²) in [6.07, 6.45) is 1.43. The molecule has 1 fully saturated rings. The minimum absolute atomic E-state index is 0.0101. The molecule has 3 rings (SSSR count). The molecule has 0 unspecified atom stereocenters. The molecule has 1 saturated heterocycles. The number of carbonyl (C=O) groups excluding carboxylic acids is 1. The van der Waals surface area contributed by atoms with Crippen molar-refractivity contribution >= 4 is 15.7 Å². The number of carbonyl (C=O) groups is 1. The lowest BCUT2D eigenvalue weighted by atomic mass is 10.0. The summed E-state index contributed by atoms with van der Waals surface area (Å²) in [5.41, 5.74) is -2.00. The van der Waals surface area contributed by atoms with E-state index in [0.29, 0.717) is 25.1 Å². The molecule has 0 radical (unpaired) electrons. The van der Waals surface area contributed by atoms with Gasteiger partial charge in [0, 0.05) is 12.2 Å². The van der Waals surface area contributed by atoms with Crippen LogP contribution in [0.25, 0.3) is 0 Å². The van der Waals surface area contributed by atoms with Crippen molar-refractivity contribution < 1.29 is 13.2 Å². The fourth-order valence-corrected chi connectivity index (χ4v) is 5.61. The molecule has 0 spiro atoms. The lowest BCUT2D eigenvalue weighted by Crippen LogP contribution is -2.51. The number of nitrogens with one attached hydrogen (secondary N) is 1. The SMILES string of the molecule is C[C@]1(NC(=O)Cn2c(=O)c(C#N)c3n(c2=O)CCC3)CCS(=O)(=O)C1. The van der Waals surface area contributed by atoms with Crippen molar-refractivity contribution in [3.05, 3.63) is 32.1 Å². The summed E-state index contributed by atoms with van der Waals surface area (Å²) in [5, 5.41) is 11.8. The second kappa shape index (κ2) is 5.84. The summed E-state index contributed by atoms with van der Waals surface area (Å²) in [5.74, 6) is -0.807. The first-order chi connectivity index (χ1) is 11.7. The fourth-order valence-electron chi connectivity index (χ4n) is 3.52. The van der Waals surface area contributed by atoms with Crippen LogP contribution in [0.4, 0.5) is 0 Å². The molecule has 0 aliphatic carbocycles. The minimum atomic E-state index is -3.20. The molecule has 0 bridgehead atoms. The quantitative estimate of drug-likeness (QED) is 0.694. The standard InChI is InChI=1S/C15H18N4O5S/c1-15(4-6-25(23,24)9-15)17-12(20)8-19-13(21)10(7-16)11-3-2-5-18(11)14(19)22/h2-6,8-9H2,1H3,(H,17,20)/t15-/m0/s1. The van der Waals surface area contributed by atoms with Crippen LogP contribution in [0.2, 0.25) is 0 Å². The third-order valence-electron chi connectivity index (χ3n) is 4.69. The topological polar surface area (TPSA) is 131 Å². The Balaban J connectivity index is 1.89. The Labute approximate surface area is 143 Å². The molecule has 2 aliphatic rings. The highest BCUT2D eigenvalue weighted by Gasteiger charge is 2.39. The molecule has 1 amide bonds. The third kappa shape index (κ3) is 3.11. The molecular formula is C15H18N4O5S. The van der Waals surface area contributed by atoms with Gasteiger partial charge in [-0.15, -0.1) is 0 Å². The van der Waals surface area contributed by atoms with Crippen molar-refractivity contribution in [3.8, 4) is 6.07 Å². The van der Waals surface area contributed by atoms with Gasteiger partial charge in [-0.05, 0) is 26.2 Å². The lowest BCUT2D eigenvalue weighted by molar-refractivity contribution is -0.123. The maximum atomic E-state index is 12.4. The molecular weight excluding hydrogens is 348 g/mol. The highest BCUT2D eigenvalue weighted by molar-refractivity contribution is 7.91. The van der Waals surface area contributed by atoms with E-state index in [2.05, 4.69) is 5.32 Å². The Hall–Kier alpha value is -2.41. The van der Waals surface area contributed by atoms with Crippen molar-refractivity contribution in [2.45, 2.75) is 44.8 Å². The first-order valence-corrected chi connectivity index (χ1v) is 9.76. The number of rotatable bonds is 3. The molecule has 2 aliphatic heterocycles. The van der Waals surface area contributed by atoms with E-state index in [9.17, 15) is 28.1 Å². The van der Waals surface area contributed by atoms with E-state index in [1.165, 1.54) is 4.57 Å². The molecule has 9 nitrogen and oxygen atoms in total. The zero-order valence-corrected chi connectivity index (χ0v) is 14.6. The first kappa shape index (κ1) is 17.4. The van der Waals surface area contributed by atoms with E-state index in [-0.39, 0.29) is 23.5 Å². The first-order valence-electron chi connectivity index (χ1n) is 7.94. The monoisotopic (exact) mass is 366 g/mol.